The Labute approximate surface area is 147 Å². The van der Waals surface area contributed by atoms with Crippen LogP contribution in [0.4, 0.5) is 5.82 Å². The van der Waals surface area contributed by atoms with Crippen LogP contribution in [0.5, 0.6) is 0 Å². The van der Waals surface area contributed by atoms with E-state index in [0.717, 1.165) is 43.9 Å². The molecule has 2 aromatic heterocycles. The maximum atomic E-state index is 12.8. The molecule has 2 fully saturated rings. The van der Waals surface area contributed by atoms with Crippen LogP contribution in [0.15, 0.2) is 24.5 Å². The molecule has 1 atom stereocenters. The Hall–Kier alpha value is -2.44. The number of hydrogen-bond acceptors (Lipinski definition) is 5. The molecular formula is C18H24N6O. The molecule has 0 radical (unpaired) electrons. The van der Waals surface area contributed by atoms with Gasteiger partial charge in [-0.3, -0.25) is 9.48 Å². The maximum absolute atomic E-state index is 12.8. The predicted octanol–water partition coefficient (Wildman–Crippen LogP) is 2.06. The average Bonchev–Trinajstić information content (AvgIpc) is 3.33. The number of aromatic nitrogens is 4. The van der Waals surface area contributed by atoms with E-state index in [1.165, 1.54) is 12.8 Å². The van der Waals surface area contributed by atoms with Crippen molar-refractivity contribution in [2.45, 2.75) is 38.6 Å². The second kappa shape index (κ2) is 6.82. The van der Waals surface area contributed by atoms with Crippen LogP contribution in [0.1, 0.15) is 47.8 Å². The smallest absolute Gasteiger partial charge is 0.274 e. The topological polar surface area (TPSA) is 67.2 Å². The van der Waals surface area contributed by atoms with Gasteiger partial charge in [-0.25, -0.2) is 0 Å². The second-order valence-electron chi connectivity index (χ2n) is 7.02. The molecule has 7 heteroatoms. The summed E-state index contributed by atoms with van der Waals surface area (Å²) in [6, 6.07) is 3.97. The van der Waals surface area contributed by atoms with E-state index in [9.17, 15) is 4.79 Å². The number of rotatable bonds is 3. The number of carbonyl (C=O) groups excluding carboxylic acids is 1. The van der Waals surface area contributed by atoms with Gasteiger partial charge in [0.15, 0.2) is 11.5 Å². The van der Waals surface area contributed by atoms with Crippen molar-refractivity contribution in [1.29, 1.82) is 0 Å². The molecule has 0 unspecified atom stereocenters. The number of anilines is 1. The van der Waals surface area contributed by atoms with Crippen molar-refractivity contribution in [3.05, 3.63) is 35.8 Å². The molecule has 1 amide bonds. The zero-order valence-electron chi connectivity index (χ0n) is 14.6. The van der Waals surface area contributed by atoms with Crippen molar-refractivity contribution in [2.24, 2.45) is 0 Å². The highest BCUT2D eigenvalue weighted by Gasteiger charge is 2.27. The molecule has 7 nitrogen and oxygen atoms in total. The standard InChI is InChI=1S/C18H24N6O/c1-14-11-19-24(12-14)15-5-4-10-23(13-15)18(25)16-6-7-17(21-20-16)22-8-2-3-9-22/h6-7,11-12,15H,2-5,8-10,13H2,1H3/t15-/m1/s1. The summed E-state index contributed by atoms with van der Waals surface area (Å²) in [6.07, 6.45) is 8.33. The summed E-state index contributed by atoms with van der Waals surface area (Å²) in [7, 11) is 0. The van der Waals surface area contributed by atoms with Crippen LogP contribution in [0.25, 0.3) is 0 Å². The van der Waals surface area contributed by atoms with Gasteiger partial charge in [0, 0.05) is 32.4 Å². The summed E-state index contributed by atoms with van der Waals surface area (Å²) < 4.78 is 1.98. The van der Waals surface area contributed by atoms with E-state index < -0.39 is 0 Å². The number of nitrogens with zero attached hydrogens (tertiary/aromatic N) is 6. The number of carbonyl (C=O) groups is 1. The number of amides is 1. The first-order valence-corrected chi connectivity index (χ1v) is 9.09. The fourth-order valence-electron chi connectivity index (χ4n) is 3.70. The highest BCUT2D eigenvalue weighted by Crippen LogP contribution is 2.23. The highest BCUT2D eigenvalue weighted by molar-refractivity contribution is 5.92. The van der Waals surface area contributed by atoms with E-state index in [1.54, 1.807) is 0 Å². The summed E-state index contributed by atoms with van der Waals surface area (Å²) in [6.45, 7) is 5.53. The third-order valence-corrected chi connectivity index (χ3v) is 5.09. The van der Waals surface area contributed by atoms with E-state index in [4.69, 9.17) is 0 Å². The molecule has 2 aliphatic heterocycles. The van der Waals surface area contributed by atoms with Gasteiger partial charge >= 0.3 is 0 Å². The molecule has 4 heterocycles. The van der Waals surface area contributed by atoms with Crippen LogP contribution < -0.4 is 4.90 Å². The highest BCUT2D eigenvalue weighted by atomic mass is 16.2. The van der Waals surface area contributed by atoms with Crippen LogP contribution in [0, 0.1) is 6.92 Å². The monoisotopic (exact) mass is 340 g/mol. The molecule has 0 bridgehead atoms. The number of likely N-dealkylation sites (tertiary alicyclic amines) is 1. The molecular weight excluding hydrogens is 316 g/mol. The number of aryl methyl sites for hydroxylation is 1. The molecule has 0 N–H and O–H groups in total. The molecule has 132 valence electrons. The van der Waals surface area contributed by atoms with E-state index in [1.807, 2.05) is 41.0 Å². The Morgan fingerprint density at radius 2 is 1.96 bits per heavy atom. The van der Waals surface area contributed by atoms with Gasteiger partial charge in [-0.2, -0.15) is 5.10 Å². The molecule has 2 aromatic rings. The SMILES string of the molecule is Cc1cnn([C@@H]2CCCN(C(=O)c3ccc(N4CCCC4)nn3)C2)c1. The zero-order valence-corrected chi connectivity index (χ0v) is 14.6. The fraction of sp³-hybridized carbons (Fsp3) is 0.556. The molecule has 2 saturated heterocycles. The quantitative estimate of drug-likeness (QED) is 0.855. The summed E-state index contributed by atoms with van der Waals surface area (Å²) in [4.78, 5) is 16.9. The summed E-state index contributed by atoms with van der Waals surface area (Å²) >= 11 is 0. The molecule has 25 heavy (non-hydrogen) atoms. The lowest BCUT2D eigenvalue weighted by molar-refractivity contribution is 0.0666. The number of piperidine rings is 1. The van der Waals surface area contributed by atoms with Crippen molar-refractivity contribution >= 4 is 11.7 Å². The van der Waals surface area contributed by atoms with E-state index in [0.29, 0.717) is 12.2 Å². The minimum Gasteiger partial charge on any atom is -0.355 e. The van der Waals surface area contributed by atoms with Crippen molar-refractivity contribution < 1.29 is 4.79 Å². The summed E-state index contributed by atoms with van der Waals surface area (Å²) in [5.74, 6) is 0.839. The van der Waals surface area contributed by atoms with Gasteiger partial charge in [0.05, 0.1) is 12.2 Å². The Bertz CT molecular complexity index is 734. The largest absolute Gasteiger partial charge is 0.355 e. The summed E-state index contributed by atoms with van der Waals surface area (Å²) in [5.41, 5.74) is 1.58. The lowest BCUT2D eigenvalue weighted by Crippen LogP contribution is -2.41. The minimum absolute atomic E-state index is 0.0333. The third kappa shape index (κ3) is 3.36. The van der Waals surface area contributed by atoms with Gasteiger partial charge in [0.2, 0.25) is 0 Å². The number of hydrogen-bond donors (Lipinski definition) is 0. The van der Waals surface area contributed by atoms with Crippen molar-refractivity contribution in [3.8, 4) is 0 Å². The van der Waals surface area contributed by atoms with Gasteiger partial charge in [0.25, 0.3) is 5.91 Å². The third-order valence-electron chi connectivity index (χ3n) is 5.09. The Morgan fingerprint density at radius 1 is 1.12 bits per heavy atom. The molecule has 0 aromatic carbocycles. The van der Waals surface area contributed by atoms with Gasteiger partial charge in [0.1, 0.15) is 0 Å². The van der Waals surface area contributed by atoms with Crippen molar-refractivity contribution in [1.82, 2.24) is 24.9 Å². The van der Waals surface area contributed by atoms with Gasteiger partial charge in [-0.1, -0.05) is 0 Å². The second-order valence-corrected chi connectivity index (χ2v) is 7.02. The van der Waals surface area contributed by atoms with Crippen molar-refractivity contribution in [3.63, 3.8) is 0 Å². The minimum atomic E-state index is -0.0333. The van der Waals surface area contributed by atoms with Gasteiger partial charge < -0.3 is 9.80 Å². The predicted molar refractivity (Wildman–Crippen MR) is 94.6 cm³/mol. The van der Waals surface area contributed by atoms with Crippen LogP contribution in [-0.2, 0) is 0 Å². The Balaban J connectivity index is 1.44. The fourth-order valence-corrected chi connectivity index (χ4v) is 3.70. The van der Waals surface area contributed by atoms with Crippen LogP contribution in [0.3, 0.4) is 0 Å². The zero-order chi connectivity index (χ0) is 17.2. The normalized spacial score (nSPS) is 20.9. The molecule has 4 rings (SSSR count). The lowest BCUT2D eigenvalue weighted by Gasteiger charge is -2.32. The molecule has 2 aliphatic rings. The van der Waals surface area contributed by atoms with E-state index in [-0.39, 0.29) is 11.9 Å². The molecule has 0 saturated carbocycles. The first kappa shape index (κ1) is 16.1. The van der Waals surface area contributed by atoms with Gasteiger partial charge in [-0.15, -0.1) is 10.2 Å². The van der Waals surface area contributed by atoms with Gasteiger partial charge in [-0.05, 0) is 50.3 Å². The first-order valence-electron chi connectivity index (χ1n) is 9.09. The summed E-state index contributed by atoms with van der Waals surface area (Å²) in [5, 5.41) is 12.9. The van der Waals surface area contributed by atoms with Crippen LogP contribution in [-0.4, -0.2) is 57.0 Å². The Kier molecular flexibility index (Phi) is 4.38. The van der Waals surface area contributed by atoms with E-state index in [2.05, 4.69) is 20.2 Å². The van der Waals surface area contributed by atoms with Crippen LogP contribution >= 0.6 is 0 Å². The average molecular weight is 340 g/mol. The molecule has 0 aliphatic carbocycles. The lowest BCUT2D eigenvalue weighted by atomic mass is 10.1. The van der Waals surface area contributed by atoms with Crippen LogP contribution in [0.2, 0.25) is 0 Å². The van der Waals surface area contributed by atoms with E-state index >= 15 is 0 Å². The Morgan fingerprint density at radius 3 is 2.64 bits per heavy atom. The first-order chi connectivity index (χ1) is 12.2. The molecule has 0 spiro atoms. The maximum Gasteiger partial charge on any atom is 0.274 e. The van der Waals surface area contributed by atoms with Crippen molar-refractivity contribution in [2.75, 3.05) is 31.1 Å².